The molecule has 2 rings (SSSR count). The molecule has 0 aliphatic heterocycles. The molecule has 122 valence electrons. The van der Waals surface area contributed by atoms with Gasteiger partial charge in [-0.3, -0.25) is 4.79 Å². The molecule has 1 amide bonds. The number of nitrogens with one attached hydrogen (secondary N) is 1. The zero-order chi connectivity index (χ0) is 16.8. The van der Waals surface area contributed by atoms with Crippen LogP contribution in [0.4, 0.5) is 5.69 Å². The number of benzene rings is 1. The second kappa shape index (κ2) is 8.24. The number of halogens is 2. The molecule has 6 heteroatoms. The first-order chi connectivity index (χ1) is 11.0. The first-order valence-corrected chi connectivity index (χ1v) is 8.37. The van der Waals surface area contributed by atoms with E-state index in [0.717, 1.165) is 12.8 Å². The highest BCUT2D eigenvalue weighted by molar-refractivity contribution is 6.44. The summed E-state index contributed by atoms with van der Waals surface area (Å²) in [5.74, 6) is -0.487. The van der Waals surface area contributed by atoms with Gasteiger partial charge in [0.25, 0.3) is 5.91 Å². The van der Waals surface area contributed by atoms with Crippen LogP contribution in [0, 0.1) is 11.3 Å². The van der Waals surface area contributed by atoms with E-state index < -0.39 is 5.91 Å². The van der Waals surface area contributed by atoms with Crippen LogP contribution in [0.15, 0.2) is 30.0 Å². The lowest BCUT2D eigenvalue weighted by molar-refractivity contribution is -0.112. The Balaban J connectivity index is 2.10. The summed E-state index contributed by atoms with van der Waals surface area (Å²) in [4.78, 5) is 14.3. The van der Waals surface area contributed by atoms with Crippen molar-refractivity contribution in [1.82, 2.24) is 4.90 Å². The highest BCUT2D eigenvalue weighted by atomic mass is 35.5. The average Bonchev–Trinajstić information content (AvgIpc) is 2.57. The maximum atomic E-state index is 12.3. The highest BCUT2D eigenvalue weighted by Gasteiger charge is 2.19. The molecule has 0 heterocycles. The van der Waals surface area contributed by atoms with Gasteiger partial charge in [0.2, 0.25) is 0 Å². The number of carbonyl (C=O) groups excluding carboxylic acids is 1. The van der Waals surface area contributed by atoms with Crippen molar-refractivity contribution in [3.8, 4) is 6.07 Å². The van der Waals surface area contributed by atoms with Crippen molar-refractivity contribution in [2.45, 2.75) is 38.1 Å². The Kier molecular flexibility index (Phi) is 6.32. The standard InChI is InChI=1S/C17H19Cl2N3O/c1-22(13-6-3-2-4-7-13)11-12(10-20)17(23)21-15-9-5-8-14(18)16(15)19/h5,8-9,11,13H,2-4,6-7H2,1H3,(H,21,23)/b12-11-. The fraction of sp³-hybridized carbons (Fsp3) is 0.412. The van der Waals surface area contributed by atoms with E-state index in [0.29, 0.717) is 16.8 Å². The number of amides is 1. The molecule has 1 aliphatic rings. The summed E-state index contributed by atoms with van der Waals surface area (Å²) in [5.41, 5.74) is 0.444. The van der Waals surface area contributed by atoms with Crippen LogP contribution in [0.1, 0.15) is 32.1 Å². The number of nitrogens with zero attached hydrogens (tertiary/aromatic N) is 2. The van der Waals surface area contributed by atoms with Gasteiger partial charge in [0.1, 0.15) is 11.6 Å². The normalized spacial score (nSPS) is 15.8. The van der Waals surface area contributed by atoms with Gasteiger partial charge in [-0.05, 0) is 25.0 Å². The van der Waals surface area contributed by atoms with Crippen LogP contribution < -0.4 is 5.32 Å². The third kappa shape index (κ3) is 4.63. The van der Waals surface area contributed by atoms with Crippen molar-refractivity contribution < 1.29 is 4.79 Å². The molecular weight excluding hydrogens is 333 g/mol. The molecule has 23 heavy (non-hydrogen) atoms. The van der Waals surface area contributed by atoms with Crippen LogP contribution in [0.5, 0.6) is 0 Å². The summed E-state index contributed by atoms with van der Waals surface area (Å²) in [7, 11) is 1.91. The first-order valence-electron chi connectivity index (χ1n) is 7.62. The fourth-order valence-corrected chi connectivity index (χ4v) is 3.07. The predicted octanol–water partition coefficient (Wildman–Crippen LogP) is 4.60. The summed E-state index contributed by atoms with van der Waals surface area (Å²) in [6.45, 7) is 0. The van der Waals surface area contributed by atoms with Crippen molar-refractivity contribution in [3.63, 3.8) is 0 Å². The van der Waals surface area contributed by atoms with E-state index >= 15 is 0 Å². The summed E-state index contributed by atoms with van der Waals surface area (Å²) in [5, 5.41) is 12.5. The second-order valence-corrected chi connectivity index (χ2v) is 6.45. The second-order valence-electron chi connectivity index (χ2n) is 5.67. The summed E-state index contributed by atoms with van der Waals surface area (Å²) >= 11 is 12.0. The minimum absolute atomic E-state index is 0.0501. The van der Waals surface area contributed by atoms with Gasteiger partial charge in [-0.1, -0.05) is 48.5 Å². The Labute approximate surface area is 146 Å². The molecule has 0 radical (unpaired) electrons. The molecule has 1 aliphatic carbocycles. The minimum atomic E-state index is -0.487. The van der Waals surface area contributed by atoms with Crippen LogP contribution in [0.25, 0.3) is 0 Å². The van der Waals surface area contributed by atoms with Crippen LogP contribution >= 0.6 is 23.2 Å². The van der Waals surface area contributed by atoms with Crippen molar-refractivity contribution in [3.05, 3.63) is 40.0 Å². The van der Waals surface area contributed by atoms with Crippen molar-refractivity contribution in [2.24, 2.45) is 0 Å². The van der Waals surface area contributed by atoms with Crippen LogP contribution in [-0.2, 0) is 4.79 Å². The van der Waals surface area contributed by atoms with Gasteiger partial charge >= 0.3 is 0 Å². The Hall–Kier alpha value is -1.70. The number of nitriles is 1. The molecule has 4 nitrogen and oxygen atoms in total. The number of hydrogen-bond acceptors (Lipinski definition) is 3. The quantitative estimate of drug-likeness (QED) is 0.636. The number of hydrogen-bond donors (Lipinski definition) is 1. The van der Waals surface area contributed by atoms with Gasteiger partial charge in [-0.2, -0.15) is 5.26 Å². The zero-order valence-electron chi connectivity index (χ0n) is 13.0. The van der Waals surface area contributed by atoms with E-state index in [4.69, 9.17) is 23.2 Å². The molecule has 0 aromatic heterocycles. The van der Waals surface area contributed by atoms with Gasteiger partial charge in [-0.15, -0.1) is 0 Å². The molecule has 0 saturated heterocycles. The minimum Gasteiger partial charge on any atom is -0.376 e. The molecule has 0 spiro atoms. The third-order valence-electron chi connectivity index (χ3n) is 4.05. The van der Waals surface area contributed by atoms with Crippen molar-refractivity contribution >= 4 is 34.8 Å². The van der Waals surface area contributed by atoms with E-state index in [1.54, 1.807) is 24.4 Å². The van der Waals surface area contributed by atoms with E-state index in [1.165, 1.54) is 19.3 Å². The van der Waals surface area contributed by atoms with Crippen LogP contribution in [-0.4, -0.2) is 23.9 Å². The third-order valence-corrected chi connectivity index (χ3v) is 4.87. The molecule has 0 unspecified atom stereocenters. The molecule has 1 aromatic carbocycles. The fourth-order valence-electron chi connectivity index (χ4n) is 2.73. The number of anilines is 1. The SMILES string of the molecule is CN(/C=C(/C#N)C(=O)Nc1cccc(Cl)c1Cl)C1CCCCC1. The largest absolute Gasteiger partial charge is 0.376 e. The lowest BCUT2D eigenvalue weighted by Gasteiger charge is -2.30. The first kappa shape index (κ1) is 17.7. The topological polar surface area (TPSA) is 56.1 Å². The highest BCUT2D eigenvalue weighted by Crippen LogP contribution is 2.30. The Morgan fingerprint density at radius 3 is 2.70 bits per heavy atom. The Morgan fingerprint density at radius 1 is 1.35 bits per heavy atom. The van der Waals surface area contributed by atoms with E-state index in [1.807, 2.05) is 18.0 Å². The van der Waals surface area contributed by atoms with E-state index in [9.17, 15) is 10.1 Å². The lowest BCUT2D eigenvalue weighted by Crippen LogP contribution is -2.30. The van der Waals surface area contributed by atoms with Crippen molar-refractivity contribution in [1.29, 1.82) is 5.26 Å². The van der Waals surface area contributed by atoms with Gasteiger partial charge < -0.3 is 10.2 Å². The number of rotatable bonds is 4. The maximum Gasteiger partial charge on any atom is 0.267 e. The predicted molar refractivity (Wildman–Crippen MR) is 93.4 cm³/mol. The van der Waals surface area contributed by atoms with E-state index in [2.05, 4.69) is 5.32 Å². The van der Waals surface area contributed by atoms with Crippen molar-refractivity contribution in [2.75, 3.05) is 12.4 Å². The molecule has 0 bridgehead atoms. The lowest BCUT2D eigenvalue weighted by atomic mass is 9.94. The van der Waals surface area contributed by atoms with E-state index in [-0.39, 0.29) is 10.6 Å². The monoisotopic (exact) mass is 351 g/mol. The zero-order valence-corrected chi connectivity index (χ0v) is 14.5. The van der Waals surface area contributed by atoms with Crippen LogP contribution in [0.2, 0.25) is 10.0 Å². The van der Waals surface area contributed by atoms with Gasteiger partial charge in [-0.25, -0.2) is 0 Å². The summed E-state index contributed by atoms with van der Waals surface area (Å²) < 4.78 is 0. The van der Waals surface area contributed by atoms with Crippen LogP contribution in [0.3, 0.4) is 0 Å². The number of carbonyl (C=O) groups is 1. The average molecular weight is 352 g/mol. The molecule has 1 fully saturated rings. The van der Waals surface area contributed by atoms with Gasteiger partial charge in [0.05, 0.1) is 15.7 Å². The summed E-state index contributed by atoms with van der Waals surface area (Å²) in [6, 6.07) is 7.31. The molecule has 1 N–H and O–H groups in total. The molecule has 1 aromatic rings. The van der Waals surface area contributed by atoms with Gasteiger partial charge in [0.15, 0.2) is 0 Å². The molecule has 1 saturated carbocycles. The smallest absolute Gasteiger partial charge is 0.267 e. The Morgan fingerprint density at radius 2 is 2.04 bits per heavy atom. The summed E-state index contributed by atoms with van der Waals surface area (Å²) in [6.07, 6.45) is 7.43. The Bertz CT molecular complexity index is 646. The maximum absolute atomic E-state index is 12.3. The molecule has 0 atom stereocenters. The van der Waals surface area contributed by atoms with Gasteiger partial charge in [0, 0.05) is 19.3 Å². The molecular formula is C17H19Cl2N3O.